The summed E-state index contributed by atoms with van der Waals surface area (Å²) in [6.45, 7) is 3.60. The van der Waals surface area contributed by atoms with Crippen molar-refractivity contribution in [3.05, 3.63) is 29.8 Å². The second-order valence-electron chi connectivity index (χ2n) is 4.38. The minimum atomic E-state index is -1.35. The molecule has 0 spiro atoms. The van der Waals surface area contributed by atoms with E-state index in [0.717, 1.165) is 0 Å². The third-order valence-corrected chi connectivity index (χ3v) is 2.97. The topological polar surface area (TPSA) is 66.8 Å². The molecule has 4 nitrogen and oxygen atoms in total. The van der Waals surface area contributed by atoms with Gasteiger partial charge in [0, 0.05) is 0 Å². The van der Waals surface area contributed by atoms with E-state index < -0.39 is 11.6 Å². The monoisotopic (exact) mass is 238 g/mol. The maximum atomic E-state index is 10.8. The summed E-state index contributed by atoms with van der Waals surface area (Å²) in [5, 5.41) is 19.3. The summed E-state index contributed by atoms with van der Waals surface area (Å²) in [5.41, 5.74) is -0.756. The maximum Gasteiger partial charge on any atom is 0.306 e. The summed E-state index contributed by atoms with van der Waals surface area (Å²) in [4.78, 5) is 10.8. The fourth-order valence-corrected chi connectivity index (χ4v) is 1.75. The molecule has 0 saturated carbocycles. The number of methoxy groups -OCH3 is 1. The molecule has 2 N–H and O–H groups in total. The highest BCUT2D eigenvalue weighted by Gasteiger charge is 2.35. The predicted octanol–water partition coefficient (Wildman–Crippen LogP) is 2.01. The van der Waals surface area contributed by atoms with E-state index >= 15 is 0 Å². The highest BCUT2D eigenvalue weighted by molar-refractivity contribution is 5.68. The molecule has 94 valence electrons. The average Bonchev–Trinajstić information content (AvgIpc) is 2.28. The Morgan fingerprint density at radius 2 is 1.88 bits per heavy atom. The van der Waals surface area contributed by atoms with Crippen molar-refractivity contribution in [1.82, 2.24) is 0 Å². The van der Waals surface area contributed by atoms with Crippen LogP contribution in [0, 0.1) is 5.92 Å². The highest BCUT2D eigenvalue weighted by Crippen LogP contribution is 2.33. The molecular formula is C13H18O4. The number of carboxylic acid groups (broad SMARTS) is 1. The van der Waals surface area contributed by atoms with Crippen LogP contribution in [-0.2, 0) is 10.4 Å². The molecule has 1 rings (SSSR count). The Labute approximate surface area is 101 Å². The summed E-state index contributed by atoms with van der Waals surface area (Å²) < 4.78 is 5.03. The van der Waals surface area contributed by atoms with Crippen LogP contribution in [0.4, 0.5) is 0 Å². The molecule has 0 saturated heterocycles. The Kier molecular flexibility index (Phi) is 4.12. The zero-order valence-electron chi connectivity index (χ0n) is 10.3. The average molecular weight is 238 g/mol. The van der Waals surface area contributed by atoms with Crippen molar-refractivity contribution in [1.29, 1.82) is 0 Å². The van der Waals surface area contributed by atoms with E-state index in [2.05, 4.69) is 0 Å². The molecule has 4 heteroatoms. The zero-order chi connectivity index (χ0) is 13.1. The lowest BCUT2D eigenvalue weighted by atomic mass is 9.81. The Bertz CT molecular complexity index is 383. The van der Waals surface area contributed by atoms with Gasteiger partial charge in [-0.2, -0.15) is 0 Å². The van der Waals surface area contributed by atoms with Crippen molar-refractivity contribution in [3.8, 4) is 5.75 Å². The number of aliphatic hydroxyl groups is 1. The number of carbonyl (C=O) groups is 1. The van der Waals surface area contributed by atoms with E-state index in [9.17, 15) is 9.90 Å². The van der Waals surface area contributed by atoms with Crippen LogP contribution in [0.3, 0.4) is 0 Å². The number of hydrogen-bond donors (Lipinski definition) is 2. The van der Waals surface area contributed by atoms with Gasteiger partial charge in [0.05, 0.1) is 13.5 Å². The van der Waals surface area contributed by atoms with Crippen molar-refractivity contribution in [2.45, 2.75) is 25.9 Å². The number of aliphatic carboxylic acids is 1. The molecule has 0 amide bonds. The van der Waals surface area contributed by atoms with Crippen LogP contribution in [0.15, 0.2) is 24.3 Å². The minimum absolute atomic E-state index is 0.188. The first-order valence-electron chi connectivity index (χ1n) is 5.49. The lowest BCUT2D eigenvalue weighted by molar-refractivity contribution is -0.145. The van der Waals surface area contributed by atoms with E-state index in [-0.39, 0.29) is 12.3 Å². The van der Waals surface area contributed by atoms with Crippen molar-refractivity contribution in [3.63, 3.8) is 0 Å². The fourth-order valence-electron chi connectivity index (χ4n) is 1.75. The van der Waals surface area contributed by atoms with Gasteiger partial charge in [-0.3, -0.25) is 4.79 Å². The number of ether oxygens (including phenoxy) is 1. The van der Waals surface area contributed by atoms with Gasteiger partial charge in [0.2, 0.25) is 0 Å². The van der Waals surface area contributed by atoms with Gasteiger partial charge in [-0.1, -0.05) is 26.0 Å². The van der Waals surface area contributed by atoms with E-state index in [1.807, 2.05) is 0 Å². The van der Waals surface area contributed by atoms with Gasteiger partial charge in [0.25, 0.3) is 0 Å². The summed E-state index contributed by atoms with van der Waals surface area (Å²) >= 11 is 0. The van der Waals surface area contributed by atoms with Gasteiger partial charge in [-0.05, 0) is 23.6 Å². The van der Waals surface area contributed by atoms with E-state index in [4.69, 9.17) is 9.84 Å². The smallest absolute Gasteiger partial charge is 0.306 e. The summed E-state index contributed by atoms with van der Waals surface area (Å²) in [6.07, 6.45) is -0.309. The minimum Gasteiger partial charge on any atom is -0.497 e. The van der Waals surface area contributed by atoms with Crippen molar-refractivity contribution >= 4 is 5.97 Å². The highest BCUT2D eigenvalue weighted by atomic mass is 16.5. The molecule has 1 unspecified atom stereocenters. The first-order valence-corrected chi connectivity index (χ1v) is 5.49. The van der Waals surface area contributed by atoms with Crippen LogP contribution < -0.4 is 4.74 Å². The summed E-state index contributed by atoms with van der Waals surface area (Å²) in [5.74, 6) is -0.529. The molecule has 0 fully saturated rings. The molecule has 0 aliphatic carbocycles. The Balaban J connectivity index is 3.08. The van der Waals surface area contributed by atoms with Crippen LogP contribution in [0.1, 0.15) is 25.8 Å². The molecule has 1 aromatic carbocycles. The molecule has 0 aliphatic rings. The second kappa shape index (κ2) is 5.19. The van der Waals surface area contributed by atoms with Gasteiger partial charge in [0.15, 0.2) is 0 Å². The van der Waals surface area contributed by atoms with Gasteiger partial charge in [0.1, 0.15) is 11.4 Å². The van der Waals surface area contributed by atoms with Crippen LogP contribution in [0.2, 0.25) is 0 Å². The largest absolute Gasteiger partial charge is 0.497 e. The van der Waals surface area contributed by atoms with Crippen molar-refractivity contribution in [2.24, 2.45) is 5.92 Å². The maximum absolute atomic E-state index is 10.8. The molecule has 0 aliphatic heterocycles. The van der Waals surface area contributed by atoms with Crippen molar-refractivity contribution in [2.75, 3.05) is 7.11 Å². The summed E-state index contributed by atoms with van der Waals surface area (Å²) in [7, 11) is 1.56. The van der Waals surface area contributed by atoms with E-state index in [1.54, 1.807) is 45.2 Å². The summed E-state index contributed by atoms with van der Waals surface area (Å²) in [6, 6.07) is 6.82. The van der Waals surface area contributed by atoms with Gasteiger partial charge >= 0.3 is 5.97 Å². The van der Waals surface area contributed by atoms with Crippen LogP contribution in [0.25, 0.3) is 0 Å². The van der Waals surface area contributed by atoms with Gasteiger partial charge < -0.3 is 14.9 Å². The number of carboxylic acids is 1. The van der Waals surface area contributed by atoms with Gasteiger partial charge in [-0.25, -0.2) is 0 Å². The lowest BCUT2D eigenvalue weighted by Crippen LogP contribution is -2.34. The fraction of sp³-hybridized carbons (Fsp3) is 0.462. The quantitative estimate of drug-likeness (QED) is 0.823. The number of hydrogen-bond acceptors (Lipinski definition) is 3. The Morgan fingerprint density at radius 3 is 2.24 bits per heavy atom. The van der Waals surface area contributed by atoms with Crippen LogP contribution in [0.5, 0.6) is 5.75 Å². The zero-order valence-corrected chi connectivity index (χ0v) is 10.3. The molecule has 0 bridgehead atoms. The standard InChI is InChI=1S/C13H18O4/c1-9(2)13(16,8-12(14)15)10-4-6-11(17-3)7-5-10/h4-7,9,16H,8H2,1-3H3,(H,14,15). The molecule has 0 radical (unpaired) electrons. The predicted molar refractivity (Wildman–Crippen MR) is 64.0 cm³/mol. The van der Waals surface area contributed by atoms with Crippen LogP contribution >= 0.6 is 0 Å². The third-order valence-electron chi connectivity index (χ3n) is 2.97. The molecule has 1 atom stereocenters. The Morgan fingerprint density at radius 1 is 1.35 bits per heavy atom. The third kappa shape index (κ3) is 2.97. The van der Waals surface area contributed by atoms with Crippen molar-refractivity contribution < 1.29 is 19.7 Å². The SMILES string of the molecule is COc1ccc(C(O)(CC(=O)O)C(C)C)cc1. The normalized spacial score (nSPS) is 14.4. The molecule has 0 heterocycles. The molecule has 1 aromatic rings. The first-order chi connectivity index (χ1) is 7.90. The van der Waals surface area contributed by atoms with E-state index in [0.29, 0.717) is 11.3 Å². The van der Waals surface area contributed by atoms with Crippen LogP contribution in [-0.4, -0.2) is 23.3 Å². The second-order valence-corrected chi connectivity index (χ2v) is 4.38. The molecule has 0 aromatic heterocycles. The number of benzene rings is 1. The molecular weight excluding hydrogens is 220 g/mol. The van der Waals surface area contributed by atoms with E-state index in [1.165, 1.54) is 0 Å². The molecule has 17 heavy (non-hydrogen) atoms. The first kappa shape index (κ1) is 13.5. The van der Waals surface area contributed by atoms with Gasteiger partial charge in [-0.15, -0.1) is 0 Å². The number of rotatable bonds is 5. The lowest BCUT2D eigenvalue weighted by Gasteiger charge is -2.31. The Hall–Kier alpha value is -1.55.